The summed E-state index contributed by atoms with van der Waals surface area (Å²) in [5, 5.41) is 7.95. The number of hydrogen-bond donors (Lipinski definition) is 0. The van der Waals surface area contributed by atoms with Crippen molar-refractivity contribution < 1.29 is 9.15 Å². The summed E-state index contributed by atoms with van der Waals surface area (Å²) in [5.74, 6) is 1.24. The average Bonchev–Trinajstić information content (AvgIpc) is 3.01. The van der Waals surface area contributed by atoms with Crippen LogP contribution in [0.25, 0.3) is 11.5 Å². The van der Waals surface area contributed by atoms with Gasteiger partial charge >= 0.3 is 0 Å². The SMILES string of the molecule is Clc1ccc(COc2ccc(-c3nnco3)cc2)cn1. The minimum Gasteiger partial charge on any atom is -0.489 e. The molecule has 0 spiro atoms. The standard InChI is InChI=1S/C14H10ClN3O2/c15-13-6-1-10(7-16-13)8-19-12-4-2-11(3-5-12)14-18-17-9-20-14/h1-7,9H,8H2. The van der Waals surface area contributed by atoms with Crippen molar-refractivity contribution >= 4 is 11.6 Å². The number of ether oxygens (including phenoxy) is 1. The van der Waals surface area contributed by atoms with E-state index >= 15 is 0 Å². The first-order valence-electron chi connectivity index (χ1n) is 5.91. The fraction of sp³-hybridized carbons (Fsp3) is 0.0714. The molecule has 0 aliphatic carbocycles. The first-order valence-corrected chi connectivity index (χ1v) is 6.29. The fourth-order valence-electron chi connectivity index (χ4n) is 1.65. The Bertz CT molecular complexity index is 667. The molecule has 0 radical (unpaired) electrons. The van der Waals surface area contributed by atoms with Gasteiger partial charge in [0.05, 0.1) is 0 Å². The topological polar surface area (TPSA) is 61.0 Å². The van der Waals surface area contributed by atoms with Crippen LogP contribution in [0.2, 0.25) is 5.15 Å². The van der Waals surface area contributed by atoms with Crippen molar-refractivity contribution in [1.82, 2.24) is 15.2 Å². The Hall–Kier alpha value is -2.40. The summed E-state index contributed by atoms with van der Waals surface area (Å²) >= 11 is 5.72. The zero-order chi connectivity index (χ0) is 13.8. The Morgan fingerprint density at radius 1 is 1.10 bits per heavy atom. The highest BCUT2D eigenvalue weighted by Gasteiger charge is 2.03. The lowest BCUT2D eigenvalue weighted by molar-refractivity contribution is 0.306. The number of rotatable bonds is 4. The van der Waals surface area contributed by atoms with Gasteiger partial charge in [0.15, 0.2) is 0 Å². The largest absolute Gasteiger partial charge is 0.489 e. The van der Waals surface area contributed by atoms with Crippen LogP contribution in [0.15, 0.2) is 53.4 Å². The van der Waals surface area contributed by atoms with Crippen LogP contribution in [-0.4, -0.2) is 15.2 Å². The van der Waals surface area contributed by atoms with E-state index < -0.39 is 0 Å². The minimum atomic E-state index is 0.435. The van der Waals surface area contributed by atoms with Crippen LogP contribution < -0.4 is 4.74 Å². The second-order valence-corrected chi connectivity index (χ2v) is 4.43. The molecule has 0 atom stereocenters. The van der Waals surface area contributed by atoms with Gasteiger partial charge in [0, 0.05) is 17.3 Å². The lowest BCUT2D eigenvalue weighted by Gasteiger charge is -2.06. The fourth-order valence-corrected chi connectivity index (χ4v) is 1.76. The van der Waals surface area contributed by atoms with E-state index in [1.54, 1.807) is 12.3 Å². The van der Waals surface area contributed by atoms with Crippen molar-refractivity contribution in [2.24, 2.45) is 0 Å². The number of benzene rings is 1. The van der Waals surface area contributed by atoms with Gasteiger partial charge in [0.25, 0.3) is 0 Å². The summed E-state index contributed by atoms with van der Waals surface area (Å²) in [6, 6.07) is 11.0. The van der Waals surface area contributed by atoms with E-state index in [1.165, 1.54) is 6.39 Å². The molecule has 0 N–H and O–H groups in total. The number of hydrogen-bond acceptors (Lipinski definition) is 5. The summed E-state index contributed by atoms with van der Waals surface area (Å²) in [5.41, 5.74) is 1.80. The second-order valence-electron chi connectivity index (χ2n) is 4.05. The molecule has 20 heavy (non-hydrogen) atoms. The van der Waals surface area contributed by atoms with E-state index in [9.17, 15) is 0 Å². The summed E-state index contributed by atoms with van der Waals surface area (Å²) in [4.78, 5) is 4.00. The molecule has 100 valence electrons. The quantitative estimate of drug-likeness (QED) is 0.689. The Morgan fingerprint density at radius 2 is 1.95 bits per heavy atom. The second kappa shape index (κ2) is 5.71. The number of halogens is 1. The number of pyridine rings is 1. The molecule has 5 nitrogen and oxygen atoms in total. The Kier molecular flexibility index (Phi) is 3.60. The van der Waals surface area contributed by atoms with Gasteiger partial charge in [-0.2, -0.15) is 0 Å². The minimum absolute atomic E-state index is 0.435. The first-order chi connectivity index (χ1) is 9.81. The molecular weight excluding hydrogens is 278 g/mol. The molecule has 3 rings (SSSR count). The van der Waals surface area contributed by atoms with Crippen molar-refractivity contribution in [3.05, 3.63) is 59.7 Å². The Labute approximate surface area is 120 Å². The zero-order valence-electron chi connectivity index (χ0n) is 10.4. The molecule has 1 aromatic carbocycles. The van der Waals surface area contributed by atoms with Crippen molar-refractivity contribution in [1.29, 1.82) is 0 Å². The maximum Gasteiger partial charge on any atom is 0.247 e. The summed E-state index contributed by atoms with van der Waals surface area (Å²) in [6.07, 6.45) is 2.99. The molecule has 0 amide bonds. The van der Waals surface area contributed by atoms with Crippen molar-refractivity contribution in [3.63, 3.8) is 0 Å². The highest BCUT2D eigenvalue weighted by atomic mass is 35.5. The maximum absolute atomic E-state index is 5.72. The monoisotopic (exact) mass is 287 g/mol. The first kappa shape index (κ1) is 12.6. The third-order valence-electron chi connectivity index (χ3n) is 2.66. The number of aromatic nitrogens is 3. The van der Waals surface area contributed by atoms with Crippen LogP contribution in [0.4, 0.5) is 0 Å². The molecule has 0 unspecified atom stereocenters. The molecular formula is C14H10ClN3O2. The molecule has 0 aliphatic rings. The van der Waals surface area contributed by atoms with E-state index in [-0.39, 0.29) is 0 Å². The normalized spacial score (nSPS) is 10.4. The van der Waals surface area contributed by atoms with Gasteiger partial charge in [0.2, 0.25) is 12.3 Å². The predicted molar refractivity (Wildman–Crippen MR) is 73.3 cm³/mol. The zero-order valence-corrected chi connectivity index (χ0v) is 11.1. The average molecular weight is 288 g/mol. The molecule has 2 heterocycles. The van der Waals surface area contributed by atoms with Gasteiger partial charge in [-0.1, -0.05) is 17.7 Å². The van der Waals surface area contributed by atoms with Crippen LogP contribution in [-0.2, 0) is 6.61 Å². The molecule has 6 heteroatoms. The summed E-state index contributed by atoms with van der Waals surface area (Å²) in [7, 11) is 0. The van der Waals surface area contributed by atoms with Crippen LogP contribution in [0, 0.1) is 0 Å². The van der Waals surface area contributed by atoms with Crippen LogP contribution >= 0.6 is 11.6 Å². The van der Waals surface area contributed by atoms with Gasteiger partial charge in [-0.05, 0) is 30.3 Å². The van der Waals surface area contributed by atoms with Crippen LogP contribution in [0.5, 0.6) is 5.75 Å². The van der Waals surface area contributed by atoms with Gasteiger partial charge in [0.1, 0.15) is 17.5 Å². The van der Waals surface area contributed by atoms with Crippen LogP contribution in [0.1, 0.15) is 5.56 Å². The molecule has 0 fully saturated rings. The lowest BCUT2D eigenvalue weighted by atomic mass is 10.2. The molecule has 0 saturated heterocycles. The van der Waals surface area contributed by atoms with E-state index in [2.05, 4.69) is 15.2 Å². The van der Waals surface area contributed by atoms with E-state index in [1.807, 2.05) is 30.3 Å². The van der Waals surface area contributed by atoms with Gasteiger partial charge in [-0.3, -0.25) is 0 Å². The summed E-state index contributed by atoms with van der Waals surface area (Å²) < 4.78 is 10.8. The van der Waals surface area contributed by atoms with Gasteiger partial charge < -0.3 is 9.15 Å². The molecule has 3 aromatic rings. The molecule has 2 aromatic heterocycles. The summed E-state index contributed by atoms with van der Waals surface area (Å²) in [6.45, 7) is 0.435. The van der Waals surface area contributed by atoms with Crippen molar-refractivity contribution in [3.8, 4) is 17.2 Å². The van der Waals surface area contributed by atoms with Gasteiger partial charge in [-0.25, -0.2) is 4.98 Å². The van der Waals surface area contributed by atoms with Gasteiger partial charge in [-0.15, -0.1) is 10.2 Å². The third-order valence-corrected chi connectivity index (χ3v) is 2.88. The van der Waals surface area contributed by atoms with Crippen molar-refractivity contribution in [2.75, 3.05) is 0 Å². The van der Waals surface area contributed by atoms with Crippen molar-refractivity contribution in [2.45, 2.75) is 6.61 Å². The Morgan fingerprint density at radius 3 is 2.60 bits per heavy atom. The highest BCUT2D eigenvalue weighted by Crippen LogP contribution is 2.20. The molecule has 0 saturated carbocycles. The molecule has 0 bridgehead atoms. The predicted octanol–water partition coefficient (Wildman–Crippen LogP) is 3.36. The molecule has 0 aliphatic heterocycles. The highest BCUT2D eigenvalue weighted by molar-refractivity contribution is 6.29. The Balaban J connectivity index is 1.65. The van der Waals surface area contributed by atoms with Crippen LogP contribution in [0.3, 0.4) is 0 Å². The maximum atomic E-state index is 5.72. The third kappa shape index (κ3) is 2.95. The van der Waals surface area contributed by atoms with E-state index in [0.717, 1.165) is 16.9 Å². The van der Waals surface area contributed by atoms with E-state index in [4.69, 9.17) is 20.8 Å². The smallest absolute Gasteiger partial charge is 0.247 e. The lowest BCUT2D eigenvalue weighted by Crippen LogP contribution is -1.95. The number of nitrogens with zero attached hydrogens (tertiary/aromatic N) is 3. The van der Waals surface area contributed by atoms with E-state index in [0.29, 0.717) is 17.7 Å².